The van der Waals surface area contributed by atoms with Crippen LogP contribution >= 0.6 is 0 Å². The topological polar surface area (TPSA) is 37.4 Å². The Labute approximate surface area is 78.1 Å². The maximum Gasteiger partial charge on any atom is 0.230 e. The molecular formula is C10H15NO2. The van der Waals surface area contributed by atoms with E-state index in [1.54, 1.807) is 4.90 Å². The summed E-state index contributed by atoms with van der Waals surface area (Å²) in [4.78, 5) is 23.8. The van der Waals surface area contributed by atoms with Gasteiger partial charge in [0, 0.05) is 6.54 Å². The van der Waals surface area contributed by atoms with Crippen molar-refractivity contribution in [3.63, 3.8) is 0 Å². The number of nitrogens with zero attached hydrogens (tertiary/aromatic N) is 1. The van der Waals surface area contributed by atoms with E-state index in [-0.39, 0.29) is 18.1 Å². The molecule has 0 aromatic heterocycles. The summed E-state index contributed by atoms with van der Waals surface area (Å²) in [7, 11) is 0. The second-order valence-corrected chi connectivity index (χ2v) is 4.12. The van der Waals surface area contributed by atoms with Gasteiger partial charge in [0.15, 0.2) is 5.78 Å². The molecule has 0 radical (unpaired) electrons. The Morgan fingerprint density at radius 2 is 2.08 bits per heavy atom. The minimum Gasteiger partial charge on any atom is -0.335 e. The van der Waals surface area contributed by atoms with Crippen LogP contribution in [-0.4, -0.2) is 29.7 Å². The normalized spacial score (nSPS) is 22.9. The molecule has 0 bridgehead atoms. The molecule has 0 unspecified atom stereocenters. The number of hydrogen-bond donors (Lipinski definition) is 0. The van der Waals surface area contributed by atoms with Gasteiger partial charge >= 0.3 is 0 Å². The summed E-state index contributed by atoms with van der Waals surface area (Å²) in [5.41, 5.74) is 0. The van der Waals surface area contributed by atoms with Crippen LogP contribution in [0.2, 0.25) is 0 Å². The number of carbonyl (C=O) groups is 2. The van der Waals surface area contributed by atoms with Crippen molar-refractivity contribution in [1.29, 1.82) is 0 Å². The molecule has 1 aliphatic carbocycles. The monoisotopic (exact) mass is 181 g/mol. The standard InChI is InChI=1S/C10H15NO2/c12-9-6-10(13)11(7-9)5-1-2-8-3-4-8/h8H,1-7H2. The van der Waals surface area contributed by atoms with Crippen LogP contribution in [0.25, 0.3) is 0 Å². The number of amides is 1. The van der Waals surface area contributed by atoms with Crippen LogP contribution in [0.4, 0.5) is 0 Å². The van der Waals surface area contributed by atoms with Crippen LogP contribution in [0.15, 0.2) is 0 Å². The van der Waals surface area contributed by atoms with Crippen molar-refractivity contribution >= 4 is 11.7 Å². The minimum absolute atomic E-state index is 0.0285. The van der Waals surface area contributed by atoms with Gasteiger partial charge in [-0.25, -0.2) is 0 Å². The molecule has 1 saturated heterocycles. The van der Waals surface area contributed by atoms with Crippen LogP contribution in [0.3, 0.4) is 0 Å². The van der Waals surface area contributed by atoms with Gasteiger partial charge in [-0.15, -0.1) is 0 Å². The lowest BCUT2D eigenvalue weighted by molar-refractivity contribution is -0.127. The van der Waals surface area contributed by atoms with Crippen molar-refractivity contribution in [2.24, 2.45) is 5.92 Å². The molecule has 2 fully saturated rings. The van der Waals surface area contributed by atoms with Gasteiger partial charge in [-0.3, -0.25) is 9.59 Å². The van der Waals surface area contributed by atoms with Crippen LogP contribution in [0.5, 0.6) is 0 Å². The summed E-state index contributed by atoms with van der Waals surface area (Å²) in [6.45, 7) is 1.16. The Balaban J connectivity index is 1.68. The van der Waals surface area contributed by atoms with Crippen molar-refractivity contribution in [2.75, 3.05) is 13.1 Å². The molecule has 1 aliphatic heterocycles. The van der Waals surface area contributed by atoms with E-state index in [4.69, 9.17) is 0 Å². The number of hydrogen-bond acceptors (Lipinski definition) is 2. The molecule has 0 spiro atoms. The predicted octanol–water partition coefficient (Wildman–Crippen LogP) is 0.978. The van der Waals surface area contributed by atoms with Crippen molar-refractivity contribution in [2.45, 2.75) is 32.1 Å². The molecule has 72 valence electrons. The number of rotatable bonds is 4. The molecule has 1 heterocycles. The van der Waals surface area contributed by atoms with Gasteiger partial charge in [0.05, 0.1) is 13.0 Å². The second-order valence-electron chi connectivity index (χ2n) is 4.12. The average molecular weight is 181 g/mol. The van der Waals surface area contributed by atoms with Gasteiger partial charge in [0.1, 0.15) is 0 Å². The fraction of sp³-hybridized carbons (Fsp3) is 0.800. The molecule has 2 rings (SSSR count). The van der Waals surface area contributed by atoms with Crippen LogP contribution in [0.1, 0.15) is 32.1 Å². The molecule has 0 aromatic rings. The molecule has 1 saturated carbocycles. The lowest BCUT2D eigenvalue weighted by Crippen LogP contribution is -2.26. The second kappa shape index (κ2) is 3.48. The lowest BCUT2D eigenvalue weighted by Gasteiger charge is -2.13. The minimum atomic E-state index is 0.0285. The fourth-order valence-electron chi connectivity index (χ4n) is 1.82. The fourth-order valence-corrected chi connectivity index (χ4v) is 1.82. The molecule has 0 atom stereocenters. The van der Waals surface area contributed by atoms with E-state index in [1.165, 1.54) is 19.3 Å². The highest BCUT2D eigenvalue weighted by atomic mass is 16.2. The summed E-state index contributed by atoms with van der Waals surface area (Å²) < 4.78 is 0. The lowest BCUT2D eigenvalue weighted by atomic mass is 10.2. The van der Waals surface area contributed by atoms with E-state index in [1.807, 2.05) is 0 Å². The van der Waals surface area contributed by atoms with E-state index in [0.717, 1.165) is 18.9 Å². The third kappa shape index (κ3) is 2.29. The van der Waals surface area contributed by atoms with Crippen molar-refractivity contribution in [1.82, 2.24) is 4.90 Å². The van der Waals surface area contributed by atoms with Crippen molar-refractivity contribution in [3.05, 3.63) is 0 Å². The maximum atomic E-state index is 11.2. The van der Waals surface area contributed by atoms with Gasteiger partial charge in [-0.05, 0) is 18.8 Å². The highest BCUT2D eigenvalue weighted by Gasteiger charge is 2.27. The quantitative estimate of drug-likeness (QED) is 0.606. The summed E-state index contributed by atoms with van der Waals surface area (Å²) in [5.74, 6) is 1.03. The Morgan fingerprint density at radius 1 is 1.31 bits per heavy atom. The highest BCUT2D eigenvalue weighted by Crippen LogP contribution is 2.33. The van der Waals surface area contributed by atoms with Gasteiger partial charge < -0.3 is 4.90 Å². The van der Waals surface area contributed by atoms with Gasteiger partial charge in [0.25, 0.3) is 0 Å². The summed E-state index contributed by atoms with van der Waals surface area (Å²) in [6, 6.07) is 0. The Kier molecular flexibility index (Phi) is 2.34. The third-order valence-electron chi connectivity index (χ3n) is 2.81. The van der Waals surface area contributed by atoms with Gasteiger partial charge in [-0.1, -0.05) is 12.8 Å². The molecule has 2 aliphatic rings. The Hall–Kier alpha value is -0.860. The van der Waals surface area contributed by atoms with Crippen LogP contribution in [-0.2, 0) is 9.59 Å². The highest BCUT2D eigenvalue weighted by molar-refractivity contribution is 6.05. The summed E-state index contributed by atoms with van der Waals surface area (Å²) in [5, 5.41) is 0. The first-order chi connectivity index (χ1) is 6.25. The van der Waals surface area contributed by atoms with E-state index in [9.17, 15) is 9.59 Å². The van der Waals surface area contributed by atoms with Crippen molar-refractivity contribution in [3.8, 4) is 0 Å². The zero-order valence-corrected chi connectivity index (χ0v) is 7.79. The maximum absolute atomic E-state index is 11.2. The molecule has 3 heteroatoms. The first-order valence-electron chi connectivity index (χ1n) is 5.05. The third-order valence-corrected chi connectivity index (χ3v) is 2.81. The molecule has 1 amide bonds. The molecular weight excluding hydrogens is 166 g/mol. The van der Waals surface area contributed by atoms with E-state index < -0.39 is 0 Å². The van der Waals surface area contributed by atoms with E-state index in [2.05, 4.69) is 0 Å². The Bertz CT molecular complexity index is 233. The number of carbonyl (C=O) groups excluding carboxylic acids is 2. The van der Waals surface area contributed by atoms with Crippen molar-refractivity contribution < 1.29 is 9.59 Å². The van der Waals surface area contributed by atoms with Crippen LogP contribution < -0.4 is 0 Å². The van der Waals surface area contributed by atoms with Crippen LogP contribution in [0, 0.1) is 5.92 Å². The number of Topliss-reactive ketones (excluding diaryl/α,β-unsaturated/α-hetero) is 1. The zero-order valence-electron chi connectivity index (χ0n) is 7.79. The first-order valence-corrected chi connectivity index (χ1v) is 5.05. The summed E-state index contributed by atoms with van der Waals surface area (Å²) in [6.07, 6.45) is 5.19. The van der Waals surface area contributed by atoms with Gasteiger partial charge in [0.2, 0.25) is 5.91 Å². The number of ketones is 1. The molecule has 3 nitrogen and oxygen atoms in total. The van der Waals surface area contributed by atoms with E-state index >= 15 is 0 Å². The predicted molar refractivity (Wildman–Crippen MR) is 48.2 cm³/mol. The Morgan fingerprint density at radius 3 is 2.62 bits per heavy atom. The van der Waals surface area contributed by atoms with E-state index in [0.29, 0.717) is 6.54 Å². The van der Waals surface area contributed by atoms with Gasteiger partial charge in [-0.2, -0.15) is 0 Å². The number of likely N-dealkylation sites (tertiary alicyclic amines) is 1. The molecule has 0 aromatic carbocycles. The smallest absolute Gasteiger partial charge is 0.230 e. The average Bonchev–Trinajstić information content (AvgIpc) is 2.81. The summed E-state index contributed by atoms with van der Waals surface area (Å²) >= 11 is 0. The first kappa shape index (κ1) is 8.73. The molecule has 13 heavy (non-hydrogen) atoms. The zero-order chi connectivity index (χ0) is 9.26. The largest absolute Gasteiger partial charge is 0.335 e. The SMILES string of the molecule is O=C1CC(=O)N(CCCC2CC2)C1. The molecule has 0 N–H and O–H groups in total.